The quantitative estimate of drug-likeness (QED) is 0.557. The summed E-state index contributed by atoms with van der Waals surface area (Å²) in [5.41, 5.74) is 2.20. The summed E-state index contributed by atoms with van der Waals surface area (Å²) < 4.78 is 5.70. The Balaban J connectivity index is 2.42. The Kier molecular flexibility index (Phi) is 5.19. The lowest BCUT2D eigenvalue weighted by Gasteiger charge is -2.13. The predicted molar refractivity (Wildman–Crippen MR) is 82.5 cm³/mol. The van der Waals surface area contributed by atoms with Gasteiger partial charge in [-0.3, -0.25) is 4.79 Å². The molecule has 2 nitrogen and oxygen atoms in total. The zero-order valence-corrected chi connectivity index (χ0v) is 12.2. The summed E-state index contributed by atoms with van der Waals surface area (Å²) in [6, 6.07) is 15.3. The summed E-state index contributed by atoms with van der Waals surface area (Å²) in [6.45, 7) is 2.68. The first-order valence-electron chi connectivity index (χ1n) is 6.75. The van der Waals surface area contributed by atoms with Crippen LogP contribution in [0.4, 0.5) is 0 Å². The third kappa shape index (κ3) is 3.40. The van der Waals surface area contributed by atoms with Crippen LogP contribution in [0.15, 0.2) is 48.5 Å². The zero-order chi connectivity index (χ0) is 14.4. The van der Waals surface area contributed by atoms with Gasteiger partial charge in [-0.25, -0.2) is 0 Å². The van der Waals surface area contributed by atoms with Crippen LogP contribution in [0.1, 0.15) is 30.1 Å². The van der Waals surface area contributed by atoms with Gasteiger partial charge in [0.15, 0.2) is 0 Å². The molecule has 0 aliphatic heterocycles. The standard InChI is InChI=1S/C17H17ClO2/c1-2-3-12-20-15-11-7-10-14(16(15)17(18)19)13-8-5-4-6-9-13/h4-11H,2-3,12H2,1H3. The molecule has 0 heterocycles. The number of benzene rings is 2. The number of rotatable bonds is 6. The molecule has 0 bridgehead atoms. The van der Waals surface area contributed by atoms with Crippen LogP contribution in [-0.2, 0) is 0 Å². The maximum absolute atomic E-state index is 11.8. The second-order valence-corrected chi connectivity index (χ2v) is 4.86. The monoisotopic (exact) mass is 288 g/mol. The summed E-state index contributed by atoms with van der Waals surface area (Å²) >= 11 is 5.76. The normalized spacial score (nSPS) is 10.3. The highest BCUT2D eigenvalue weighted by atomic mass is 35.5. The van der Waals surface area contributed by atoms with E-state index in [1.54, 1.807) is 6.07 Å². The molecule has 0 aromatic heterocycles. The van der Waals surface area contributed by atoms with Crippen LogP contribution in [0.2, 0.25) is 0 Å². The van der Waals surface area contributed by atoms with Gasteiger partial charge in [-0.2, -0.15) is 0 Å². The minimum Gasteiger partial charge on any atom is -0.493 e. The van der Waals surface area contributed by atoms with Crippen molar-refractivity contribution in [2.45, 2.75) is 19.8 Å². The van der Waals surface area contributed by atoms with Crippen LogP contribution in [-0.4, -0.2) is 11.8 Å². The van der Waals surface area contributed by atoms with E-state index in [2.05, 4.69) is 6.92 Å². The van der Waals surface area contributed by atoms with E-state index in [-0.39, 0.29) is 0 Å². The lowest BCUT2D eigenvalue weighted by Crippen LogP contribution is -2.03. The summed E-state index contributed by atoms with van der Waals surface area (Å²) in [4.78, 5) is 11.8. The Labute approximate surface area is 124 Å². The van der Waals surface area contributed by atoms with Crippen molar-refractivity contribution in [1.29, 1.82) is 0 Å². The van der Waals surface area contributed by atoms with Gasteiger partial charge in [-0.1, -0.05) is 55.8 Å². The van der Waals surface area contributed by atoms with Gasteiger partial charge in [0.05, 0.1) is 12.2 Å². The number of carbonyl (C=O) groups is 1. The third-order valence-electron chi connectivity index (χ3n) is 3.06. The van der Waals surface area contributed by atoms with E-state index >= 15 is 0 Å². The first-order valence-corrected chi connectivity index (χ1v) is 7.13. The Morgan fingerprint density at radius 2 is 1.85 bits per heavy atom. The molecule has 3 heteroatoms. The molecule has 0 atom stereocenters. The van der Waals surface area contributed by atoms with Gasteiger partial charge >= 0.3 is 0 Å². The number of hydrogen-bond acceptors (Lipinski definition) is 2. The van der Waals surface area contributed by atoms with Gasteiger partial charge in [0.1, 0.15) is 5.75 Å². The van der Waals surface area contributed by atoms with Crippen LogP contribution in [0.25, 0.3) is 11.1 Å². The second kappa shape index (κ2) is 7.11. The molecule has 0 radical (unpaired) electrons. The van der Waals surface area contributed by atoms with E-state index in [9.17, 15) is 4.79 Å². The fourth-order valence-electron chi connectivity index (χ4n) is 2.04. The molecule has 0 aliphatic carbocycles. The number of unbranched alkanes of at least 4 members (excludes halogenated alkanes) is 1. The van der Waals surface area contributed by atoms with E-state index in [1.165, 1.54) is 0 Å². The Bertz CT molecular complexity index is 579. The van der Waals surface area contributed by atoms with E-state index in [0.717, 1.165) is 24.0 Å². The van der Waals surface area contributed by atoms with Gasteiger partial charge < -0.3 is 4.74 Å². The number of carbonyl (C=O) groups excluding carboxylic acids is 1. The minimum atomic E-state index is -0.490. The first kappa shape index (κ1) is 14.6. The van der Waals surface area contributed by atoms with Crippen molar-refractivity contribution in [3.05, 3.63) is 54.1 Å². The molecule has 0 unspecified atom stereocenters. The van der Waals surface area contributed by atoms with E-state index < -0.39 is 5.24 Å². The molecule has 0 N–H and O–H groups in total. The van der Waals surface area contributed by atoms with Crippen molar-refractivity contribution >= 4 is 16.8 Å². The number of halogens is 1. The SMILES string of the molecule is CCCCOc1cccc(-c2ccccc2)c1C(=O)Cl. The Morgan fingerprint density at radius 1 is 1.10 bits per heavy atom. The first-order chi connectivity index (χ1) is 9.74. The highest BCUT2D eigenvalue weighted by Gasteiger charge is 2.16. The van der Waals surface area contributed by atoms with Crippen LogP contribution < -0.4 is 4.74 Å². The van der Waals surface area contributed by atoms with Gasteiger partial charge in [0.2, 0.25) is 0 Å². The average Bonchev–Trinajstić information content (AvgIpc) is 2.48. The molecule has 2 aromatic rings. The lowest BCUT2D eigenvalue weighted by atomic mass is 9.99. The summed E-state index contributed by atoms with van der Waals surface area (Å²) in [7, 11) is 0. The van der Waals surface area contributed by atoms with Crippen molar-refractivity contribution in [1.82, 2.24) is 0 Å². The summed E-state index contributed by atoms with van der Waals surface area (Å²) in [6.07, 6.45) is 1.99. The maximum atomic E-state index is 11.8. The van der Waals surface area contributed by atoms with Crippen molar-refractivity contribution in [3.8, 4) is 16.9 Å². The van der Waals surface area contributed by atoms with Crippen molar-refractivity contribution in [2.75, 3.05) is 6.61 Å². The van der Waals surface area contributed by atoms with Gasteiger partial charge in [0.25, 0.3) is 5.24 Å². The van der Waals surface area contributed by atoms with E-state index in [4.69, 9.17) is 16.3 Å². The summed E-state index contributed by atoms with van der Waals surface area (Å²) in [5.74, 6) is 0.555. The molecule has 2 rings (SSSR count). The third-order valence-corrected chi connectivity index (χ3v) is 3.25. The topological polar surface area (TPSA) is 26.3 Å². The molecular formula is C17H17ClO2. The fraction of sp³-hybridized carbons (Fsp3) is 0.235. The maximum Gasteiger partial charge on any atom is 0.256 e. The smallest absolute Gasteiger partial charge is 0.256 e. The molecule has 0 saturated carbocycles. The molecule has 2 aromatic carbocycles. The molecule has 104 valence electrons. The average molecular weight is 289 g/mol. The van der Waals surface area contributed by atoms with E-state index in [0.29, 0.717) is 17.9 Å². The molecule has 0 aliphatic rings. The molecule has 20 heavy (non-hydrogen) atoms. The highest BCUT2D eigenvalue weighted by Crippen LogP contribution is 2.32. The van der Waals surface area contributed by atoms with Crippen LogP contribution in [0.5, 0.6) is 5.75 Å². The molecular weight excluding hydrogens is 272 g/mol. The fourth-order valence-corrected chi connectivity index (χ4v) is 2.23. The highest BCUT2D eigenvalue weighted by molar-refractivity contribution is 6.68. The second-order valence-electron chi connectivity index (χ2n) is 4.52. The Hall–Kier alpha value is -1.80. The molecule has 0 saturated heterocycles. The van der Waals surface area contributed by atoms with E-state index in [1.807, 2.05) is 42.5 Å². The van der Waals surface area contributed by atoms with Gasteiger partial charge in [0, 0.05) is 0 Å². The van der Waals surface area contributed by atoms with Crippen LogP contribution in [0, 0.1) is 0 Å². The van der Waals surface area contributed by atoms with Crippen molar-refractivity contribution in [3.63, 3.8) is 0 Å². The van der Waals surface area contributed by atoms with Gasteiger partial charge in [-0.15, -0.1) is 0 Å². The van der Waals surface area contributed by atoms with Crippen LogP contribution in [0.3, 0.4) is 0 Å². The van der Waals surface area contributed by atoms with Crippen molar-refractivity contribution in [2.24, 2.45) is 0 Å². The minimum absolute atomic E-state index is 0.441. The zero-order valence-electron chi connectivity index (χ0n) is 11.4. The predicted octanol–water partition coefficient (Wildman–Crippen LogP) is 4.91. The van der Waals surface area contributed by atoms with Gasteiger partial charge in [-0.05, 0) is 35.2 Å². The molecule has 0 spiro atoms. The summed E-state index contributed by atoms with van der Waals surface area (Å²) in [5, 5.41) is -0.490. The largest absolute Gasteiger partial charge is 0.493 e. The van der Waals surface area contributed by atoms with Crippen LogP contribution >= 0.6 is 11.6 Å². The molecule has 0 amide bonds. The number of hydrogen-bond donors (Lipinski definition) is 0. The van der Waals surface area contributed by atoms with Crippen molar-refractivity contribution < 1.29 is 9.53 Å². The Morgan fingerprint density at radius 3 is 2.50 bits per heavy atom. The lowest BCUT2D eigenvalue weighted by molar-refractivity contribution is 0.107. The molecule has 0 fully saturated rings. The number of ether oxygens (including phenoxy) is 1.